The average molecular weight is 224 g/mol. The third kappa shape index (κ3) is 2.34. The van der Waals surface area contributed by atoms with Gasteiger partial charge in [0, 0.05) is 19.0 Å². The van der Waals surface area contributed by atoms with E-state index in [4.69, 9.17) is 17.3 Å². The quantitative estimate of drug-likeness (QED) is 0.642. The summed E-state index contributed by atoms with van der Waals surface area (Å²) in [6.45, 7) is 2.17. The van der Waals surface area contributed by atoms with E-state index in [1.54, 1.807) is 6.92 Å². The Morgan fingerprint density at radius 1 is 1.69 bits per heavy atom. The van der Waals surface area contributed by atoms with Crippen LogP contribution in [0.5, 0.6) is 0 Å². The number of carbonyl (C=O) groups excluding carboxylic acids is 1. The number of hydrogen-bond acceptors (Lipinski definition) is 3. The summed E-state index contributed by atoms with van der Waals surface area (Å²) in [6, 6.07) is -1.03. The highest BCUT2D eigenvalue weighted by atomic mass is 16.4. The molecule has 0 bridgehead atoms. The summed E-state index contributed by atoms with van der Waals surface area (Å²) in [6.07, 6.45) is 5.74. The van der Waals surface area contributed by atoms with Gasteiger partial charge in [-0.25, -0.2) is 0 Å². The highest BCUT2D eigenvalue weighted by Gasteiger charge is 2.39. The summed E-state index contributed by atoms with van der Waals surface area (Å²) < 4.78 is 0. The first-order valence-electron chi connectivity index (χ1n) is 5.21. The summed E-state index contributed by atoms with van der Waals surface area (Å²) in [7, 11) is 0. The lowest BCUT2D eigenvalue weighted by Gasteiger charge is -2.25. The van der Waals surface area contributed by atoms with Crippen LogP contribution in [-0.4, -0.2) is 40.5 Å². The second-order valence-corrected chi connectivity index (χ2v) is 4.02. The van der Waals surface area contributed by atoms with Gasteiger partial charge in [-0.05, 0) is 13.3 Å². The molecule has 0 saturated carbocycles. The number of terminal acetylenes is 1. The van der Waals surface area contributed by atoms with E-state index in [9.17, 15) is 9.59 Å². The number of nitrogens with zero attached hydrogens (tertiary/aromatic N) is 1. The maximum atomic E-state index is 11.8. The number of hydrogen-bond donors (Lipinski definition) is 2. The molecule has 0 aromatic rings. The van der Waals surface area contributed by atoms with E-state index in [1.165, 1.54) is 4.90 Å². The van der Waals surface area contributed by atoms with Crippen LogP contribution in [0.1, 0.15) is 19.8 Å². The topological polar surface area (TPSA) is 83.6 Å². The Morgan fingerprint density at radius 3 is 2.75 bits per heavy atom. The zero-order chi connectivity index (χ0) is 12.3. The average Bonchev–Trinajstić information content (AvgIpc) is 2.59. The number of nitrogens with two attached hydrogens (primary N) is 1. The molecule has 3 N–H and O–H groups in total. The Morgan fingerprint density at radius 2 is 2.31 bits per heavy atom. The molecule has 1 saturated heterocycles. The van der Waals surface area contributed by atoms with Crippen LogP contribution in [0.4, 0.5) is 0 Å². The highest BCUT2D eigenvalue weighted by Crippen LogP contribution is 2.24. The first-order chi connectivity index (χ1) is 7.49. The summed E-state index contributed by atoms with van der Waals surface area (Å²) in [4.78, 5) is 24.2. The lowest BCUT2D eigenvalue weighted by Crippen LogP contribution is -2.46. The molecule has 0 aromatic heterocycles. The molecular formula is C11H16N2O3. The highest BCUT2D eigenvalue weighted by molar-refractivity contribution is 5.84. The van der Waals surface area contributed by atoms with Crippen molar-refractivity contribution in [3.8, 4) is 12.3 Å². The van der Waals surface area contributed by atoms with Crippen LogP contribution in [0.3, 0.4) is 0 Å². The third-order valence-electron chi connectivity index (χ3n) is 3.01. The van der Waals surface area contributed by atoms with Gasteiger partial charge in [0.1, 0.15) is 0 Å². The molecular weight excluding hydrogens is 208 g/mol. The minimum absolute atomic E-state index is 0.180. The molecule has 3 unspecified atom stereocenters. The van der Waals surface area contributed by atoms with Crippen molar-refractivity contribution in [1.82, 2.24) is 4.90 Å². The van der Waals surface area contributed by atoms with E-state index in [2.05, 4.69) is 5.92 Å². The Hall–Kier alpha value is -1.54. The fourth-order valence-corrected chi connectivity index (χ4v) is 2.01. The van der Waals surface area contributed by atoms with Crippen molar-refractivity contribution in [3.63, 3.8) is 0 Å². The molecule has 0 aromatic carbocycles. The van der Waals surface area contributed by atoms with Gasteiger partial charge in [-0.2, -0.15) is 0 Å². The summed E-state index contributed by atoms with van der Waals surface area (Å²) in [5.41, 5.74) is 5.61. The third-order valence-corrected chi connectivity index (χ3v) is 3.01. The van der Waals surface area contributed by atoms with Gasteiger partial charge >= 0.3 is 5.97 Å². The lowest BCUT2D eigenvalue weighted by atomic mass is 10.0. The van der Waals surface area contributed by atoms with E-state index in [1.807, 2.05) is 0 Å². The van der Waals surface area contributed by atoms with Gasteiger partial charge in [-0.1, -0.05) is 0 Å². The minimum Gasteiger partial charge on any atom is -0.481 e. The molecule has 16 heavy (non-hydrogen) atoms. The van der Waals surface area contributed by atoms with Crippen LogP contribution >= 0.6 is 0 Å². The zero-order valence-corrected chi connectivity index (χ0v) is 9.22. The van der Waals surface area contributed by atoms with Gasteiger partial charge in [0.05, 0.1) is 12.0 Å². The van der Waals surface area contributed by atoms with Gasteiger partial charge in [-0.15, -0.1) is 12.3 Å². The van der Waals surface area contributed by atoms with Crippen LogP contribution in [0, 0.1) is 18.3 Å². The van der Waals surface area contributed by atoms with Crippen LogP contribution in [0.25, 0.3) is 0 Å². The maximum absolute atomic E-state index is 11.8. The second kappa shape index (κ2) is 4.99. The van der Waals surface area contributed by atoms with E-state index >= 15 is 0 Å². The standard InChI is InChI=1S/C11H16N2O3/c1-3-4-9(12)10(14)13-6-5-8(7(13)2)11(15)16/h1,7-9H,4-6,12H2,2H3,(H,15,16). The van der Waals surface area contributed by atoms with E-state index in [0.717, 1.165) is 0 Å². The first kappa shape index (κ1) is 12.5. The first-order valence-corrected chi connectivity index (χ1v) is 5.21. The van der Waals surface area contributed by atoms with Crippen molar-refractivity contribution in [1.29, 1.82) is 0 Å². The molecule has 0 spiro atoms. The predicted molar refractivity (Wildman–Crippen MR) is 58.3 cm³/mol. The fourth-order valence-electron chi connectivity index (χ4n) is 2.01. The molecule has 0 aliphatic carbocycles. The van der Waals surface area contributed by atoms with Gasteiger partial charge < -0.3 is 15.7 Å². The molecule has 5 nitrogen and oxygen atoms in total. The summed E-state index contributed by atoms with van der Waals surface area (Å²) in [5, 5.41) is 8.92. The van der Waals surface area contributed by atoms with Crippen molar-refractivity contribution >= 4 is 11.9 Å². The number of carbonyl (C=O) groups is 2. The Labute approximate surface area is 94.6 Å². The van der Waals surface area contributed by atoms with Crippen molar-refractivity contribution in [2.45, 2.75) is 31.8 Å². The number of carboxylic acids is 1. The molecule has 1 aliphatic rings. The molecule has 3 atom stereocenters. The minimum atomic E-state index is -0.867. The summed E-state index contributed by atoms with van der Waals surface area (Å²) >= 11 is 0. The fraction of sp³-hybridized carbons (Fsp3) is 0.636. The molecule has 1 aliphatic heterocycles. The number of amides is 1. The largest absolute Gasteiger partial charge is 0.481 e. The van der Waals surface area contributed by atoms with Crippen molar-refractivity contribution in [2.75, 3.05) is 6.54 Å². The smallest absolute Gasteiger partial charge is 0.308 e. The normalized spacial score (nSPS) is 26.2. The van der Waals surface area contributed by atoms with Crippen LogP contribution in [0.15, 0.2) is 0 Å². The van der Waals surface area contributed by atoms with Crippen molar-refractivity contribution in [3.05, 3.63) is 0 Å². The molecule has 0 radical (unpaired) electrons. The van der Waals surface area contributed by atoms with Gasteiger partial charge in [0.2, 0.25) is 5.91 Å². The van der Waals surface area contributed by atoms with Crippen molar-refractivity contribution in [2.24, 2.45) is 11.7 Å². The van der Waals surface area contributed by atoms with E-state index in [0.29, 0.717) is 13.0 Å². The summed E-state index contributed by atoms with van der Waals surface area (Å²) in [5.74, 6) is 0.711. The molecule has 1 heterocycles. The SMILES string of the molecule is C#CCC(N)C(=O)N1CCC(C(=O)O)C1C. The van der Waals surface area contributed by atoms with Crippen LogP contribution in [0.2, 0.25) is 0 Å². The predicted octanol–water partition coefficient (Wildman–Crippen LogP) is -0.341. The lowest BCUT2D eigenvalue weighted by molar-refractivity contribution is -0.143. The van der Waals surface area contributed by atoms with Gasteiger partial charge in [-0.3, -0.25) is 9.59 Å². The number of aliphatic carboxylic acids is 1. The monoisotopic (exact) mass is 224 g/mol. The molecule has 1 amide bonds. The van der Waals surface area contributed by atoms with Gasteiger partial charge in [0.15, 0.2) is 0 Å². The molecule has 5 heteroatoms. The Kier molecular flexibility index (Phi) is 3.91. The van der Waals surface area contributed by atoms with Crippen LogP contribution < -0.4 is 5.73 Å². The number of carboxylic acid groups (broad SMARTS) is 1. The van der Waals surface area contributed by atoms with Crippen LogP contribution in [-0.2, 0) is 9.59 Å². The number of rotatable bonds is 3. The molecule has 1 fully saturated rings. The zero-order valence-electron chi connectivity index (χ0n) is 9.22. The van der Waals surface area contributed by atoms with E-state index < -0.39 is 17.9 Å². The second-order valence-electron chi connectivity index (χ2n) is 4.02. The van der Waals surface area contributed by atoms with Gasteiger partial charge in [0.25, 0.3) is 0 Å². The Bertz CT molecular complexity index is 335. The molecule has 88 valence electrons. The maximum Gasteiger partial charge on any atom is 0.308 e. The van der Waals surface area contributed by atoms with E-state index in [-0.39, 0.29) is 18.4 Å². The van der Waals surface area contributed by atoms with Crippen molar-refractivity contribution < 1.29 is 14.7 Å². The number of likely N-dealkylation sites (tertiary alicyclic amines) is 1. The molecule has 1 rings (SSSR count). The Balaban J connectivity index is 2.67.